The first-order valence-corrected chi connectivity index (χ1v) is 6.96. The zero-order valence-corrected chi connectivity index (χ0v) is 9.37. The van der Waals surface area contributed by atoms with Gasteiger partial charge in [0.05, 0.1) is 13.2 Å². The van der Waals surface area contributed by atoms with Crippen LogP contribution in [0.3, 0.4) is 0 Å². The van der Waals surface area contributed by atoms with E-state index in [1.54, 1.807) is 0 Å². The third kappa shape index (κ3) is 2.27. The van der Waals surface area contributed by atoms with E-state index in [0.717, 1.165) is 32.7 Å². The predicted molar refractivity (Wildman–Crippen MR) is 53.7 cm³/mol. The number of hydrogen-bond acceptors (Lipinski definition) is 3. The molecule has 0 atom stereocenters. The first-order chi connectivity index (χ1) is 5.73. The van der Waals surface area contributed by atoms with Crippen LogP contribution in [0.4, 0.5) is 0 Å². The van der Waals surface area contributed by atoms with E-state index in [1.807, 2.05) is 0 Å². The van der Waals surface area contributed by atoms with E-state index >= 15 is 0 Å². The van der Waals surface area contributed by atoms with Gasteiger partial charge in [0, 0.05) is 13.1 Å². The molecule has 0 N–H and O–H groups in total. The van der Waals surface area contributed by atoms with Gasteiger partial charge in [-0.3, -0.25) is 0 Å². The van der Waals surface area contributed by atoms with Gasteiger partial charge >= 0.3 is 0 Å². The van der Waals surface area contributed by atoms with Gasteiger partial charge in [0.1, 0.15) is 0 Å². The summed E-state index contributed by atoms with van der Waals surface area (Å²) in [7, 11) is 0. The number of rotatable bonds is 3. The van der Waals surface area contributed by atoms with Gasteiger partial charge in [0.2, 0.25) is 0 Å². The van der Waals surface area contributed by atoms with E-state index in [9.17, 15) is 0 Å². The Morgan fingerprint density at radius 3 is 2.17 bits per heavy atom. The van der Waals surface area contributed by atoms with E-state index in [0.29, 0.717) is 0 Å². The van der Waals surface area contributed by atoms with Crippen LogP contribution in [0.1, 0.15) is 20.3 Å². The van der Waals surface area contributed by atoms with Gasteiger partial charge in [0.15, 0.2) is 0 Å². The maximum atomic E-state index is 5.54. The Bertz CT molecular complexity index is 174. The predicted octanol–water partition coefficient (Wildman–Crippen LogP) is 1.99. The number of nitrogens with zero attached hydrogens (tertiary/aromatic N) is 1. The zero-order chi connectivity index (χ0) is 9.03. The van der Waals surface area contributed by atoms with Crippen molar-refractivity contribution >= 4 is 18.4 Å². The zero-order valence-electron chi connectivity index (χ0n) is 7.65. The van der Waals surface area contributed by atoms with Crippen LogP contribution < -0.4 is 0 Å². The molecule has 0 unspecified atom stereocenters. The highest BCUT2D eigenvalue weighted by Gasteiger charge is 2.28. The summed E-state index contributed by atoms with van der Waals surface area (Å²) in [6, 6.07) is 0. The molecular formula is C7H16NO2PS. The van der Waals surface area contributed by atoms with Gasteiger partial charge in [-0.25, -0.2) is 4.67 Å². The molecule has 0 radical (unpaired) electrons. The Labute approximate surface area is 79.3 Å². The molecular weight excluding hydrogens is 193 g/mol. The fourth-order valence-electron chi connectivity index (χ4n) is 1.19. The van der Waals surface area contributed by atoms with Gasteiger partial charge in [-0.05, 0) is 18.2 Å². The molecule has 3 nitrogen and oxygen atoms in total. The summed E-state index contributed by atoms with van der Waals surface area (Å²) in [5, 5.41) is 0. The van der Waals surface area contributed by atoms with Crippen molar-refractivity contribution < 1.29 is 9.05 Å². The normalized spacial score (nSPS) is 22.9. The third-order valence-corrected chi connectivity index (χ3v) is 5.48. The summed E-state index contributed by atoms with van der Waals surface area (Å²) >= 11 is 5.37. The maximum absolute atomic E-state index is 5.54. The lowest BCUT2D eigenvalue weighted by atomic mass is 10.5. The molecule has 0 aliphatic carbocycles. The lowest BCUT2D eigenvalue weighted by molar-refractivity contribution is 0.148. The van der Waals surface area contributed by atoms with Gasteiger partial charge in [-0.2, -0.15) is 0 Å². The fourth-order valence-corrected chi connectivity index (χ4v) is 4.14. The lowest BCUT2D eigenvalue weighted by Gasteiger charge is -2.34. The van der Waals surface area contributed by atoms with Crippen molar-refractivity contribution in [3.05, 3.63) is 0 Å². The molecule has 1 fully saturated rings. The van der Waals surface area contributed by atoms with Crippen LogP contribution >= 0.6 is 6.64 Å². The topological polar surface area (TPSA) is 21.7 Å². The molecule has 12 heavy (non-hydrogen) atoms. The minimum atomic E-state index is -2.06. The molecule has 1 aliphatic heterocycles. The summed E-state index contributed by atoms with van der Waals surface area (Å²) in [5.41, 5.74) is 0. The summed E-state index contributed by atoms with van der Waals surface area (Å²) < 4.78 is 13.2. The summed E-state index contributed by atoms with van der Waals surface area (Å²) in [5.74, 6) is 0. The fraction of sp³-hybridized carbons (Fsp3) is 1.00. The molecule has 5 heteroatoms. The Hall–Kier alpha value is 0.530. The van der Waals surface area contributed by atoms with Crippen molar-refractivity contribution in [2.75, 3.05) is 26.3 Å². The average molecular weight is 209 g/mol. The van der Waals surface area contributed by atoms with Crippen molar-refractivity contribution in [2.24, 2.45) is 0 Å². The van der Waals surface area contributed by atoms with Crippen molar-refractivity contribution in [3.63, 3.8) is 0 Å². The molecule has 0 aromatic heterocycles. The molecule has 0 saturated carbocycles. The highest BCUT2D eigenvalue weighted by atomic mass is 32.5. The Kier molecular flexibility index (Phi) is 4.14. The van der Waals surface area contributed by atoms with Crippen LogP contribution in [0.2, 0.25) is 0 Å². The van der Waals surface area contributed by atoms with Crippen LogP contribution in [0.25, 0.3) is 0 Å². The van der Waals surface area contributed by atoms with E-state index in [-0.39, 0.29) is 0 Å². The molecule has 0 amide bonds. The van der Waals surface area contributed by atoms with Gasteiger partial charge in [0.25, 0.3) is 6.64 Å². The first-order valence-electron chi connectivity index (χ1n) is 4.37. The summed E-state index contributed by atoms with van der Waals surface area (Å²) in [6.07, 6.45) is 0.972. The summed E-state index contributed by atoms with van der Waals surface area (Å²) in [6.45, 7) is 5.44. The second-order valence-electron chi connectivity index (χ2n) is 2.63. The van der Waals surface area contributed by atoms with E-state index < -0.39 is 6.64 Å². The number of hydrogen-bond donors (Lipinski definition) is 0. The van der Waals surface area contributed by atoms with E-state index in [1.165, 1.54) is 0 Å². The molecule has 1 aliphatic rings. The molecule has 1 heterocycles. The molecule has 72 valence electrons. The Balaban J connectivity index is 2.60. The van der Waals surface area contributed by atoms with Gasteiger partial charge in [-0.1, -0.05) is 13.8 Å². The second-order valence-corrected chi connectivity index (χ2v) is 6.03. The first kappa shape index (κ1) is 10.6. The standard InChI is InChI=1S/C7H16NO2PS/c1-3-8(4-2)11(12)9-6-5-7-10-11/h3-7H2,1-2H3. The van der Waals surface area contributed by atoms with Crippen molar-refractivity contribution in [1.82, 2.24) is 4.67 Å². The molecule has 1 saturated heterocycles. The largest absolute Gasteiger partial charge is 0.318 e. The van der Waals surface area contributed by atoms with Gasteiger partial charge < -0.3 is 9.05 Å². The SMILES string of the molecule is CCN(CC)P1(=S)OCCCO1. The smallest absolute Gasteiger partial charge is 0.263 e. The third-order valence-electron chi connectivity index (χ3n) is 1.87. The van der Waals surface area contributed by atoms with Crippen LogP contribution in [-0.2, 0) is 20.9 Å². The van der Waals surface area contributed by atoms with Gasteiger partial charge in [-0.15, -0.1) is 0 Å². The minimum absolute atomic E-state index is 0.758. The van der Waals surface area contributed by atoms with E-state index in [2.05, 4.69) is 18.5 Å². The quantitative estimate of drug-likeness (QED) is 0.663. The molecule has 0 aromatic carbocycles. The Morgan fingerprint density at radius 2 is 1.75 bits per heavy atom. The van der Waals surface area contributed by atoms with Crippen molar-refractivity contribution in [2.45, 2.75) is 20.3 Å². The average Bonchev–Trinajstić information content (AvgIpc) is 2.07. The highest BCUT2D eigenvalue weighted by molar-refractivity contribution is 8.08. The lowest BCUT2D eigenvalue weighted by Crippen LogP contribution is -2.25. The Morgan fingerprint density at radius 1 is 1.25 bits per heavy atom. The molecule has 0 bridgehead atoms. The van der Waals surface area contributed by atoms with Crippen LogP contribution in [0.15, 0.2) is 0 Å². The molecule has 0 spiro atoms. The molecule has 0 aromatic rings. The van der Waals surface area contributed by atoms with Crippen LogP contribution in [-0.4, -0.2) is 31.0 Å². The summed E-state index contributed by atoms with van der Waals surface area (Å²) in [4.78, 5) is 0. The van der Waals surface area contributed by atoms with Crippen LogP contribution in [0.5, 0.6) is 0 Å². The minimum Gasteiger partial charge on any atom is -0.318 e. The second kappa shape index (κ2) is 4.68. The highest BCUT2D eigenvalue weighted by Crippen LogP contribution is 2.53. The molecule has 1 rings (SSSR count). The van der Waals surface area contributed by atoms with Crippen LogP contribution in [0, 0.1) is 0 Å². The van der Waals surface area contributed by atoms with Crippen molar-refractivity contribution in [1.29, 1.82) is 0 Å². The van der Waals surface area contributed by atoms with E-state index in [4.69, 9.17) is 20.9 Å². The maximum Gasteiger partial charge on any atom is 0.263 e. The monoisotopic (exact) mass is 209 g/mol. The van der Waals surface area contributed by atoms with Crippen molar-refractivity contribution in [3.8, 4) is 0 Å².